The van der Waals surface area contributed by atoms with Crippen molar-refractivity contribution in [2.24, 2.45) is 11.1 Å². The summed E-state index contributed by atoms with van der Waals surface area (Å²) in [5.41, 5.74) is 6.64. The fourth-order valence-corrected chi connectivity index (χ4v) is 2.17. The zero-order chi connectivity index (χ0) is 10.5. The summed E-state index contributed by atoms with van der Waals surface area (Å²) in [6, 6.07) is 0. The van der Waals surface area contributed by atoms with Gasteiger partial charge in [0.05, 0.1) is 0 Å². The molecule has 0 aromatic rings. The lowest BCUT2D eigenvalue weighted by atomic mass is 9.58. The van der Waals surface area contributed by atoms with Crippen LogP contribution in [-0.4, -0.2) is 29.6 Å². The SMILES string of the molecule is CN1CCC(C)(N)C(C)(C)C1(C)C. The number of hydrogen-bond acceptors (Lipinski definition) is 2. The van der Waals surface area contributed by atoms with Crippen molar-refractivity contribution in [1.29, 1.82) is 0 Å². The van der Waals surface area contributed by atoms with Gasteiger partial charge in [-0.15, -0.1) is 0 Å². The van der Waals surface area contributed by atoms with Crippen LogP contribution in [0.5, 0.6) is 0 Å². The van der Waals surface area contributed by atoms with Crippen LogP contribution >= 0.6 is 0 Å². The molecule has 1 aliphatic heterocycles. The molecule has 0 amide bonds. The molecule has 1 saturated heterocycles. The summed E-state index contributed by atoms with van der Waals surface area (Å²) in [5.74, 6) is 0. The molecule has 1 aliphatic rings. The molecule has 0 spiro atoms. The molecule has 0 aromatic carbocycles. The fraction of sp³-hybridized carbons (Fsp3) is 1.00. The Balaban J connectivity index is 3.07. The van der Waals surface area contributed by atoms with Gasteiger partial charge in [-0.05, 0) is 34.2 Å². The van der Waals surface area contributed by atoms with Crippen molar-refractivity contribution >= 4 is 0 Å². The topological polar surface area (TPSA) is 29.3 Å². The van der Waals surface area contributed by atoms with E-state index in [1.54, 1.807) is 0 Å². The predicted octanol–water partition coefficient (Wildman–Crippen LogP) is 1.84. The van der Waals surface area contributed by atoms with E-state index in [1.165, 1.54) is 0 Å². The molecule has 0 aliphatic carbocycles. The van der Waals surface area contributed by atoms with Crippen LogP contribution in [0.4, 0.5) is 0 Å². The molecule has 2 heteroatoms. The number of nitrogens with zero attached hydrogens (tertiary/aromatic N) is 1. The van der Waals surface area contributed by atoms with Crippen molar-refractivity contribution in [3.8, 4) is 0 Å². The maximum atomic E-state index is 6.37. The summed E-state index contributed by atoms with van der Waals surface area (Å²) in [5, 5.41) is 0. The van der Waals surface area contributed by atoms with Crippen molar-refractivity contribution in [2.75, 3.05) is 13.6 Å². The minimum absolute atomic E-state index is 0.0526. The van der Waals surface area contributed by atoms with Crippen LogP contribution in [0.25, 0.3) is 0 Å². The van der Waals surface area contributed by atoms with Gasteiger partial charge in [-0.1, -0.05) is 13.8 Å². The highest BCUT2D eigenvalue weighted by Crippen LogP contribution is 2.47. The van der Waals surface area contributed by atoms with E-state index in [1.807, 2.05) is 0 Å². The molecule has 1 atom stereocenters. The minimum atomic E-state index is -0.0526. The maximum absolute atomic E-state index is 6.37. The standard InChI is InChI=1S/C11H24N2/c1-9(2)10(3,4)13(6)8-7-11(9,5)12/h7-8,12H2,1-6H3. The van der Waals surface area contributed by atoms with Crippen LogP contribution in [0.3, 0.4) is 0 Å². The largest absolute Gasteiger partial charge is 0.325 e. The van der Waals surface area contributed by atoms with Crippen LogP contribution in [0.1, 0.15) is 41.0 Å². The van der Waals surface area contributed by atoms with E-state index >= 15 is 0 Å². The smallest absolute Gasteiger partial charge is 0.0218 e. The number of hydrogen-bond donors (Lipinski definition) is 1. The van der Waals surface area contributed by atoms with Gasteiger partial charge in [-0.2, -0.15) is 0 Å². The first-order valence-corrected chi connectivity index (χ1v) is 5.13. The van der Waals surface area contributed by atoms with Crippen LogP contribution in [-0.2, 0) is 0 Å². The third kappa shape index (κ3) is 1.31. The van der Waals surface area contributed by atoms with E-state index < -0.39 is 0 Å². The first kappa shape index (κ1) is 11.0. The first-order chi connectivity index (χ1) is 5.63. The van der Waals surface area contributed by atoms with Gasteiger partial charge in [-0.25, -0.2) is 0 Å². The van der Waals surface area contributed by atoms with Gasteiger partial charge in [0.25, 0.3) is 0 Å². The summed E-state index contributed by atoms with van der Waals surface area (Å²) in [4.78, 5) is 2.42. The average Bonchev–Trinajstić information content (AvgIpc) is 1.97. The van der Waals surface area contributed by atoms with Gasteiger partial charge < -0.3 is 10.6 Å². The lowest BCUT2D eigenvalue weighted by molar-refractivity contribution is -0.0655. The highest BCUT2D eigenvalue weighted by Gasteiger charge is 2.53. The number of rotatable bonds is 0. The molecule has 1 unspecified atom stereocenters. The van der Waals surface area contributed by atoms with E-state index in [4.69, 9.17) is 5.73 Å². The number of likely N-dealkylation sites (tertiary alicyclic amines) is 1. The number of nitrogens with two attached hydrogens (primary N) is 1. The maximum Gasteiger partial charge on any atom is 0.0218 e. The van der Waals surface area contributed by atoms with Gasteiger partial charge in [0.15, 0.2) is 0 Å². The Kier molecular flexibility index (Phi) is 2.29. The Hall–Kier alpha value is -0.0800. The van der Waals surface area contributed by atoms with Crippen LogP contribution in [0.2, 0.25) is 0 Å². The molecule has 0 saturated carbocycles. The van der Waals surface area contributed by atoms with Crippen molar-refractivity contribution in [3.63, 3.8) is 0 Å². The Labute approximate surface area is 82.5 Å². The molecule has 0 aromatic heterocycles. The molecular formula is C11H24N2. The Morgan fingerprint density at radius 2 is 1.54 bits per heavy atom. The summed E-state index contributed by atoms with van der Waals surface area (Å²) in [7, 11) is 2.19. The third-order valence-electron chi connectivity index (χ3n) is 4.88. The Morgan fingerprint density at radius 3 is 1.92 bits per heavy atom. The van der Waals surface area contributed by atoms with E-state index in [9.17, 15) is 0 Å². The molecule has 2 nitrogen and oxygen atoms in total. The average molecular weight is 184 g/mol. The van der Waals surface area contributed by atoms with Crippen molar-refractivity contribution in [1.82, 2.24) is 4.90 Å². The van der Waals surface area contributed by atoms with Gasteiger partial charge in [0, 0.05) is 23.0 Å². The van der Waals surface area contributed by atoms with E-state index in [2.05, 4.69) is 46.6 Å². The van der Waals surface area contributed by atoms with Gasteiger partial charge >= 0.3 is 0 Å². The second-order valence-corrected chi connectivity index (χ2v) is 5.77. The molecule has 13 heavy (non-hydrogen) atoms. The summed E-state index contributed by atoms with van der Waals surface area (Å²) >= 11 is 0. The highest BCUT2D eigenvalue weighted by atomic mass is 15.2. The van der Waals surface area contributed by atoms with Crippen molar-refractivity contribution in [2.45, 2.75) is 52.1 Å². The van der Waals surface area contributed by atoms with Gasteiger partial charge in [-0.3, -0.25) is 0 Å². The van der Waals surface area contributed by atoms with Gasteiger partial charge in [0.1, 0.15) is 0 Å². The van der Waals surface area contributed by atoms with Crippen LogP contribution in [0, 0.1) is 5.41 Å². The van der Waals surface area contributed by atoms with E-state index in [0.717, 1.165) is 13.0 Å². The van der Waals surface area contributed by atoms with Crippen LogP contribution < -0.4 is 5.73 Å². The quantitative estimate of drug-likeness (QED) is 0.622. The summed E-state index contributed by atoms with van der Waals surface area (Å²) in [6.45, 7) is 12.4. The second-order valence-electron chi connectivity index (χ2n) is 5.77. The Morgan fingerprint density at radius 1 is 1.08 bits per heavy atom. The lowest BCUT2D eigenvalue weighted by Gasteiger charge is -2.60. The monoisotopic (exact) mass is 184 g/mol. The zero-order valence-corrected chi connectivity index (χ0v) is 9.94. The predicted molar refractivity (Wildman–Crippen MR) is 57.7 cm³/mol. The second kappa shape index (κ2) is 2.71. The summed E-state index contributed by atoms with van der Waals surface area (Å²) in [6.07, 6.45) is 1.08. The lowest BCUT2D eigenvalue weighted by Crippen LogP contribution is -2.69. The highest BCUT2D eigenvalue weighted by molar-refractivity contribution is 5.10. The molecule has 2 N–H and O–H groups in total. The normalized spacial score (nSPS) is 39.0. The molecule has 78 valence electrons. The van der Waals surface area contributed by atoms with Gasteiger partial charge in [0.2, 0.25) is 0 Å². The molecule has 0 bridgehead atoms. The molecule has 1 fully saturated rings. The Bertz CT molecular complexity index is 204. The van der Waals surface area contributed by atoms with Crippen molar-refractivity contribution in [3.05, 3.63) is 0 Å². The molecular weight excluding hydrogens is 160 g/mol. The number of piperidine rings is 1. The summed E-state index contributed by atoms with van der Waals surface area (Å²) < 4.78 is 0. The zero-order valence-electron chi connectivity index (χ0n) is 9.94. The third-order valence-corrected chi connectivity index (χ3v) is 4.88. The van der Waals surface area contributed by atoms with E-state index in [-0.39, 0.29) is 16.5 Å². The fourth-order valence-electron chi connectivity index (χ4n) is 2.17. The minimum Gasteiger partial charge on any atom is -0.325 e. The molecule has 1 heterocycles. The van der Waals surface area contributed by atoms with Crippen LogP contribution in [0.15, 0.2) is 0 Å². The van der Waals surface area contributed by atoms with E-state index in [0.29, 0.717) is 0 Å². The molecule has 0 radical (unpaired) electrons. The first-order valence-electron chi connectivity index (χ1n) is 5.13. The molecule has 1 rings (SSSR count). The van der Waals surface area contributed by atoms with Crippen molar-refractivity contribution < 1.29 is 0 Å².